The molecule has 0 spiro atoms. The van der Waals surface area contributed by atoms with Crippen LogP contribution in [0.5, 0.6) is 0 Å². The summed E-state index contributed by atoms with van der Waals surface area (Å²) in [5, 5.41) is 4.71. The van der Waals surface area contributed by atoms with E-state index >= 15 is 0 Å². The molecule has 1 saturated carbocycles. The lowest BCUT2D eigenvalue weighted by Crippen LogP contribution is -2.53. The molecule has 30 heavy (non-hydrogen) atoms. The lowest BCUT2D eigenvalue weighted by molar-refractivity contribution is -0.182. The van der Waals surface area contributed by atoms with E-state index in [9.17, 15) is 18.0 Å². The van der Waals surface area contributed by atoms with Crippen molar-refractivity contribution in [3.8, 4) is 0 Å². The van der Waals surface area contributed by atoms with Crippen LogP contribution in [0, 0.1) is 12.8 Å². The van der Waals surface area contributed by atoms with Crippen LogP contribution in [0.4, 0.5) is 13.2 Å². The number of halogens is 3. The Morgan fingerprint density at radius 2 is 1.90 bits per heavy atom. The van der Waals surface area contributed by atoms with E-state index in [1.54, 1.807) is 9.42 Å². The zero-order valence-corrected chi connectivity index (χ0v) is 17.4. The largest absolute Gasteiger partial charge is 0.391 e. The van der Waals surface area contributed by atoms with Crippen LogP contribution in [-0.2, 0) is 9.53 Å². The third-order valence-electron chi connectivity index (χ3n) is 6.44. The van der Waals surface area contributed by atoms with Crippen LogP contribution < -0.4 is 0 Å². The summed E-state index contributed by atoms with van der Waals surface area (Å²) in [5.74, 6) is -1.22. The summed E-state index contributed by atoms with van der Waals surface area (Å²) in [5.41, 5.74) is 2.65. The van der Waals surface area contributed by atoms with Crippen LogP contribution in [-0.4, -0.2) is 50.8 Å². The van der Waals surface area contributed by atoms with Gasteiger partial charge >= 0.3 is 6.18 Å². The molecule has 6 nitrogen and oxygen atoms in total. The number of alkyl halides is 3. The minimum Gasteiger partial charge on any atom is -0.368 e. The predicted molar refractivity (Wildman–Crippen MR) is 104 cm³/mol. The molecular weight excluding hydrogens is 397 g/mol. The van der Waals surface area contributed by atoms with Gasteiger partial charge in [0.1, 0.15) is 6.10 Å². The molecule has 2 fully saturated rings. The second kappa shape index (κ2) is 7.51. The van der Waals surface area contributed by atoms with Crippen molar-refractivity contribution in [2.75, 3.05) is 13.2 Å². The summed E-state index contributed by atoms with van der Waals surface area (Å²) in [7, 11) is 0. The summed E-state index contributed by atoms with van der Waals surface area (Å²) < 4.78 is 46.7. The number of carbonyl (C=O) groups excluding carboxylic acids is 1. The Hall–Kier alpha value is -2.16. The summed E-state index contributed by atoms with van der Waals surface area (Å²) in [6.07, 6.45) is -2.42. The number of hydrogen-bond donors (Lipinski definition) is 0. The van der Waals surface area contributed by atoms with Gasteiger partial charge in [-0.2, -0.15) is 18.3 Å². The number of aryl methyl sites for hydroxylation is 1. The van der Waals surface area contributed by atoms with E-state index in [1.807, 2.05) is 32.9 Å². The van der Waals surface area contributed by atoms with Crippen molar-refractivity contribution in [1.82, 2.24) is 19.5 Å². The van der Waals surface area contributed by atoms with Gasteiger partial charge in [-0.3, -0.25) is 4.79 Å². The van der Waals surface area contributed by atoms with Gasteiger partial charge in [0.2, 0.25) is 6.41 Å². The van der Waals surface area contributed by atoms with E-state index in [0.29, 0.717) is 31.6 Å². The highest BCUT2D eigenvalue weighted by Gasteiger charge is 2.42. The fraction of sp³-hybridized carbons (Fsp3) is 0.667. The van der Waals surface area contributed by atoms with E-state index < -0.39 is 12.1 Å². The fourth-order valence-electron chi connectivity index (χ4n) is 4.52. The maximum Gasteiger partial charge on any atom is 0.391 e. The van der Waals surface area contributed by atoms with Gasteiger partial charge in [0.05, 0.1) is 36.0 Å². The fourth-order valence-corrected chi connectivity index (χ4v) is 4.52. The molecule has 0 bridgehead atoms. The van der Waals surface area contributed by atoms with Crippen molar-refractivity contribution in [2.45, 2.75) is 70.2 Å². The van der Waals surface area contributed by atoms with Crippen LogP contribution in [0.1, 0.15) is 68.6 Å². The van der Waals surface area contributed by atoms with Gasteiger partial charge in [0, 0.05) is 17.7 Å². The number of carbonyl (C=O) groups is 1. The van der Waals surface area contributed by atoms with Gasteiger partial charge < -0.3 is 9.64 Å². The zero-order chi connectivity index (χ0) is 21.7. The minimum absolute atomic E-state index is 0.00358. The zero-order valence-electron chi connectivity index (χ0n) is 17.4. The Morgan fingerprint density at radius 3 is 2.53 bits per heavy atom. The topological polar surface area (TPSA) is 59.7 Å². The van der Waals surface area contributed by atoms with Gasteiger partial charge in [-0.05, 0) is 52.5 Å². The number of morpholine rings is 1. The summed E-state index contributed by atoms with van der Waals surface area (Å²) in [4.78, 5) is 17.8. The molecule has 0 N–H and O–H groups in total. The van der Waals surface area contributed by atoms with Crippen molar-refractivity contribution in [3.63, 3.8) is 0 Å². The normalized spacial score (nSPS) is 27.4. The van der Waals surface area contributed by atoms with Gasteiger partial charge in [0.15, 0.2) is 5.65 Å². The van der Waals surface area contributed by atoms with Crippen molar-refractivity contribution < 1.29 is 22.7 Å². The van der Waals surface area contributed by atoms with Crippen LogP contribution >= 0.6 is 0 Å². The molecular formula is C21H27F3N4O2. The van der Waals surface area contributed by atoms with E-state index in [4.69, 9.17) is 9.84 Å². The van der Waals surface area contributed by atoms with Crippen molar-refractivity contribution in [1.29, 1.82) is 0 Å². The number of aromatic nitrogens is 3. The third-order valence-corrected chi connectivity index (χ3v) is 6.44. The number of ether oxygens (including phenoxy) is 1. The number of rotatable bonds is 3. The van der Waals surface area contributed by atoms with E-state index in [0.717, 1.165) is 23.5 Å². The van der Waals surface area contributed by atoms with Crippen LogP contribution in [0.25, 0.3) is 5.65 Å². The Kier molecular flexibility index (Phi) is 5.28. The van der Waals surface area contributed by atoms with E-state index in [1.165, 1.54) is 0 Å². The molecule has 1 atom stereocenters. The Labute approximate surface area is 173 Å². The van der Waals surface area contributed by atoms with Gasteiger partial charge in [-0.15, -0.1) is 0 Å². The van der Waals surface area contributed by atoms with Gasteiger partial charge in [-0.25, -0.2) is 9.50 Å². The van der Waals surface area contributed by atoms with Crippen molar-refractivity contribution >= 4 is 12.1 Å². The first kappa shape index (κ1) is 21.1. The Balaban J connectivity index is 1.61. The van der Waals surface area contributed by atoms with E-state index in [2.05, 4.69) is 4.98 Å². The molecule has 0 radical (unpaired) electrons. The van der Waals surface area contributed by atoms with Crippen LogP contribution in [0.2, 0.25) is 0 Å². The highest BCUT2D eigenvalue weighted by molar-refractivity contribution is 5.50. The molecule has 2 aromatic rings. The van der Waals surface area contributed by atoms with Crippen LogP contribution in [0.3, 0.4) is 0 Å². The lowest BCUT2D eigenvalue weighted by atomic mass is 9.80. The smallest absolute Gasteiger partial charge is 0.368 e. The molecule has 164 valence electrons. The SMILES string of the molecule is Cc1cc([C@H]2CN(C=O)C(C)(C)CO2)n2nc(C3CCC(C(F)(F)F)CC3)cc2n1. The molecule has 1 aliphatic heterocycles. The number of hydrogen-bond acceptors (Lipinski definition) is 4. The molecule has 0 aromatic carbocycles. The van der Waals surface area contributed by atoms with Gasteiger partial charge in [-0.1, -0.05) is 0 Å². The first-order valence-corrected chi connectivity index (χ1v) is 10.4. The second-order valence-electron chi connectivity index (χ2n) is 9.12. The van der Waals surface area contributed by atoms with E-state index in [-0.39, 0.29) is 30.4 Å². The quantitative estimate of drug-likeness (QED) is 0.694. The highest BCUT2D eigenvalue weighted by atomic mass is 19.4. The standard InChI is InChI=1S/C21H27F3N4O2/c1-13-8-17(18-10-27(12-29)20(2,3)11-30-18)28-19(25-13)9-16(26-28)14-4-6-15(7-5-14)21(22,23)24/h8-9,12,14-15,18H,4-7,10-11H2,1-3H3/t14?,15?,18-/m1/s1. The average Bonchev–Trinajstić information content (AvgIpc) is 3.10. The molecule has 1 saturated heterocycles. The van der Waals surface area contributed by atoms with Gasteiger partial charge in [0.25, 0.3) is 0 Å². The second-order valence-corrected chi connectivity index (χ2v) is 9.12. The number of fused-ring (bicyclic) bond motifs is 1. The molecule has 0 unspecified atom stereocenters. The first-order chi connectivity index (χ1) is 14.1. The summed E-state index contributed by atoms with van der Waals surface area (Å²) >= 11 is 0. The maximum atomic E-state index is 13.0. The lowest BCUT2D eigenvalue weighted by Gasteiger charge is -2.43. The predicted octanol–water partition coefficient (Wildman–Crippen LogP) is 4.18. The third kappa shape index (κ3) is 3.91. The van der Waals surface area contributed by atoms with Crippen molar-refractivity contribution in [3.05, 3.63) is 29.2 Å². The Morgan fingerprint density at radius 1 is 1.20 bits per heavy atom. The minimum atomic E-state index is -4.12. The molecule has 1 amide bonds. The monoisotopic (exact) mass is 424 g/mol. The van der Waals surface area contributed by atoms with Crippen LogP contribution in [0.15, 0.2) is 12.1 Å². The Bertz CT molecular complexity index is 932. The number of nitrogens with zero attached hydrogens (tertiary/aromatic N) is 4. The highest BCUT2D eigenvalue weighted by Crippen LogP contribution is 2.42. The molecule has 2 aromatic heterocycles. The molecule has 2 aliphatic rings. The maximum absolute atomic E-state index is 13.0. The molecule has 1 aliphatic carbocycles. The van der Waals surface area contributed by atoms with Crippen molar-refractivity contribution in [2.24, 2.45) is 5.92 Å². The summed E-state index contributed by atoms with van der Waals surface area (Å²) in [6.45, 7) is 6.59. The first-order valence-electron chi connectivity index (χ1n) is 10.4. The summed E-state index contributed by atoms with van der Waals surface area (Å²) in [6, 6.07) is 3.77. The molecule has 3 heterocycles. The molecule has 4 rings (SSSR count). The average molecular weight is 424 g/mol. The number of amides is 1. The molecule has 9 heteroatoms.